The van der Waals surface area contributed by atoms with E-state index in [9.17, 15) is 14.7 Å². The zero-order valence-corrected chi connectivity index (χ0v) is 16.3. The molecule has 1 unspecified atom stereocenters. The normalized spacial score (nSPS) is 20.5. The van der Waals surface area contributed by atoms with Gasteiger partial charge in [-0.1, -0.05) is 5.57 Å². The smallest absolute Gasteiger partial charge is 0.548 e. The molecule has 2 rings (SSSR count). The van der Waals surface area contributed by atoms with Gasteiger partial charge in [0.2, 0.25) is 5.91 Å². The van der Waals surface area contributed by atoms with E-state index < -0.39 is 12.0 Å². The molecule has 0 spiro atoms. The van der Waals surface area contributed by atoms with Crippen LogP contribution in [0.3, 0.4) is 0 Å². The zero-order valence-electron chi connectivity index (χ0n) is 13.2. The number of hydrogen-bond donors (Lipinski definition) is 2. The molecule has 0 aromatic heterocycles. The summed E-state index contributed by atoms with van der Waals surface area (Å²) in [5, 5.41) is 23.0. The maximum absolute atomic E-state index is 11.8. The summed E-state index contributed by atoms with van der Waals surface area (Å²) in [6.45, 7) is 1.03. The van der Waals surface area contributed by atoms with E-state index in [1.165, 1.54) is 12.0 Å². The molecule has 1 amide bonds. The molecule has 0 bridgehead atoms. The molecule has 1 aliphatic carbocycles. The van der Waals surface area contributed by atoms with Gasteiger partial charge in [0.05, 0.1) is 12.0 Å². The number of carbonyl (C=O) groups excluding carboxylic acids is 2. The zero-order chi connectivity index (χ0) is 15.2. The molecule has 22 heavy (non-hydrogen) atoms. The van der Waals surface area contributed by atoms with Crippen LogP contribution < -0.4 is 61.8 Å². The van der Waals surface area contributed by atoms with Gasteiger partial charge in [-0.05, 0) is 38.5 Å². The molecule has 1 saturated carbocycles. The number of aliphatic hydroxyl groups excluding tert-OH is 1. The number of likely N-dealkylation sites (tertiary alicyclic amines) is 1. The predicted molar refractivity (Wildman–Crippen MR) is 75.2 cm³/mol. The van der Waals surface area contributed by atoms with E-state index in [0.717, 1.165) is 25.7 Å². The van der Waals surface area contributed by atoms with Crippen molar-refractivity contribution >= 4 is 11.9 Å². The predicted octanol–water partition coefficient (Wildman–Crippen LogP) is -3.82. The van der Waals surface area contributed by atoms with Crippen molar-refractivity contribution in [1.82, 2.24) is 10.2 Å². The number of nitrogens with zero attached hydrogens (tertiary/aromatic N) is 1. The van der Waals surface area contributed by atoms with Gasteiger partial charge < -0.3 is 20.3 Å². The fraction of sp³-hybridized carbons (Fsp3) is 0.733. The van der Waals surface area contributed by atoms with Crippen molar-refractivity contribution in [1.29, 1.82) is 0 Å². The molecule has 7 heteroatoms. The van der Waals surface area contributed by atoms with Crippen LogP contribution in [0.15, 0.2) is 11.6 Å². The second-order valence-electron chi connectivity index (χ2n) is 5.82. The van der Waals surface area contributed by atoms with Crippen LogP contribution in [0.2, 0.25) is 0 Å². The Morgan fingerprint density at radius 2 is 2.00 bits per heavy atom. The van der Waals surface area contributed by atoms with Gasteiger partial charge in [-0.15, -0.1) is 0 Å². The first-order valence-electron chi connectivity index (χ1n) is 7.66. The standard InChI is InChI=1S/C15H24N2O4.K/c18-9-6-13(15(20)21)17-7-4-12(5-8-17)16-14(19)10-11-2-1-3-11;/h10,12-13,18H,1-9H2,(H,16,19)(H,20,21);/q;+1/p-1. The Hall–Kier alpha value is 0.236. The molecule has 0 aromatic carbocycles. The van der Waals surface area contributed by atoms with Gasteiger partial charge in [0.1, 0.15) is 0 Å². The molecule has 118 valence electrons. The van der Waals surface area contributed by atoms with Crippen LogP contribution in [0.1, 0.15) is 38.5 Å². The number of carboxylic acid groups (broad SMARTS) is 1. The number of piperidine rings is 1. The summed E-state index contributed by atoms with van der Waals surface area (Å²) < 4.78 is 0. The molecule has 2 aliphatic rings. The first-order valence-corrected chi connectivity index (χ1v) is 7.66. The molecule has 2 N–H and O–H groups in total. The monoisotopic (exact) mass is 334 g/mol. The van der Waals surface area contributed by atoms with Crippen molar-refractivity contribution in [2.45, 2.75) is 50.6 Å². The van der Waals surface area contributed by atoms with Crippen LogP contribution in [0, 0.1) is 0 Å². The third kappa shape index (κ3) is 6.03. The van der Waals surface area contributed by atoms with E-state index in [1.54, 1.807) is 6.08 Å². The molecular weight excluding hydrogens is 311 g/mol. The van der Waals surface area contributed by atoms with Crippen molar-refractivity contribution < 1.29 is 71.2 Å². The van der Waals surface area contributed by atoms with Gasteiger partial charge in [-0.2, -0.15) is 0 Å². The van der Waals surface area contributed by atoms with Crippen LogP contribution in [-0.2, 0) is 9.59 Å². The number of aliphatic carboxylic acids is 1. The molecule has 2 fully saturated rings. The summed E-state index contributed by atoms with van der Waals surface area (Å²) >= 11 is 0. The Morgan fingerprint density at radius 3 is 2.45 bits per heavy atom. The Labute approximate surface area is 173 Å². The second kappa shape index (κ2) is 10.2. The molecule has 0 aromatic rings. The van der Waals surface area contributed by atoms with Crippen LogP contribution in [0.5, 0.6) is 0 Å². The number of amides is 1. The van der Waals surface area contributed by atoms with Crippen molar-refractivity contribution in [3.05, 3.63) is 11.6 Å². The van der Waals surface area contributed by atoms with Crippen molar-refractivity contribution in [3.8, 4) is 0 Å². The van der Waals surface area contributed by atoms with E-state index in [-0.39, 0.29) is 76.4 Å². The summed E-state index contributed by atoms with van der Waals surface area (Å²) in [6.07, 6.45) is 6.57. The largest absolute Gasteiger partial charge is 1.00 e. The molecule has 1 heterocycles. The number of carbonyl (C=O) groups is 2. The van der Waals surface area contributed by atoms with Gasteiger partial charge in [0, 0.05) is 31.8 Å². The van der Waals surface area contributed by atoms with E-state index in [2.05, 4.69) is 5.32 Å². The van der Waals surface area contributed by atoms with Gasteiger partial charge in [0.15, 0.2) is 0 Å². The molecule has 1 saturated heterocycles. The van der Waals surface area contributed by atoms with Gasteiger partial charge in [-0.25, -0.2) is 0 Å². The first kappa shape index (κ1) is 20.3. The number of rotatable bonds is 6. The van der Waals surface area contributed by atoms with Gasteiger partial charge >= 0.3 is 51.4 Å². The minimum atomic E-state index is -1.14. The van der Waals surface area contributed by atoms with Crippen molar-refractivity contribution in [3.63, 3.8) is 0 Å². The summed E-state index contributed by atoms with van der Waals surface area (Å²) in [7, 11) is 0. The maximum atomic E-state index is 11.8. The SMILES string of the molecule is O=C(C=C1CCC1)NC1CCN(C(CCO)C(=O)[O-])CC1.[K+]. The van der Waals surface area contributed by atoms with E-state index in [1.807, 2.05) is 4.90 Å². The number of nitrogens with one attached hydrogen (secondary N) is 1. The summed E-state index contributed by atoms with van der Waals surface area (Å²) in [6, 6.07) is -0.633. The van der Waals surface area contributed by atoms with Crippen molar-refractivity contribution in [2.24, 2.45) is 0 Å². The minimum absolute atomic E-state index is 0. The number of allylic oxidation sites excluding steroid dienone is 1. The van der Waals surface area contributed by atoms with E-state index in [0.29, 0.717) is 13.1 Å². The van der Waals surface area contributed by atoms with Crippen LogP contribution in [0.4, 0.5) is 0 Å². The van der Waals surface area contributed by atoms with Crippen molar-refractivity contribution in [2.75, 3.05) is 19.7 Å². The topological polar surface area (TPSA) is 92.7 Å². The molecular formula is C15H23KN2O4. The van der Waals surface area contributed by atoms with Crippen LogP contribution in [0.25, 0.3) is 0 Å². The number of hydrogen-bond acceptors (Lipinski definition) is 5. The maximum Gasteiger partial charge on any atom is 1.00 e. The summed E-state index contributed by atoms with van der Waals surface area (Å²) in [4.78, 5) is 24.7. The average Bonchev–Trinajstić information content (AvgIpc) is 2.41. The minimum Gasteiger partial charge on any atom is -0.548 e. The molecule has 1 aliphatic heterocycles. The third-order valence-corrected chi connectivity index (χ3v) is 4.32. The fourth-order valence-electron chi connectivity index (χ4n) is 2.88. The number of aliphatic hydroxyl groups is 1. The quantitative estimate of drug-likeness (QED) is 0.384. The molecule has 6 nitrogen and oxygen atoms in total. The Bertz CT molecular complexity index is 414. The average molecular weight is 334 g/mol. The Morgan fingerprint density at radius 1 is 1.36 bits per heavy atom. The first-order chi connectivity index (χ1) is 10.1. The molecule has 0 radical (unpaired) electrons. The summed E-state index contributed by atoms with van der Waals surface area (Å²) in [5.41, 5.74) is 1.21. The molecule has 1 atom stereocenters. The van der Waals surface area contributed by atoms with E-state index >= 15 is 0 Å². The fourth-order valence-corrected chi connectivity index (χ4v) is 2.88. The Balaban J connectivity index is 0.00000242. The van der Waals surface area contributed by atoms with Crippen LogP contribution >= 0.6 is 0 Å². The second-order valence-corrected chi connectivity index (χ2v) is 5.82. The summed E-state index contributed by atoms with van der Waals surface area (Å²) in [5.74, 6) is -1.17. The van der Waals surface area contributed by atoms with Crippen LogP contribution in [-0.4, -0.2) is 53.7 Å². The third-order valence-electron chi connectivity index (χ3n) is 4.32. The number of carboxylic acids is 1. The Kier molecular flexibility index (Phi) is 9.38. The van der Waals surface area contributed by atoms with Gasteiger partial charge in [-0.3, -0.25) is 9.69 Å². The van der Waals surface area contributed by atoms with Gasteiger partial charge in [0.25, 0.3) is 0 Å². The van der Waals surface area contributed by atoms with E-state index in [4.69, 9.17) is 5.11 Å².